The molecule has 1 saturated heterocycles. The smallest absolute Gasteiger partial charge is 0.173 e. The Bertz CT molecular complexity index is 266. The normalized spacial score (nSPS) is 33.3. The largest absolute Gasteiger partial charge is 0.379 e. The third-order valence-electron chi connectivity index (χ3n) is 3.37. The summed E-state index contributed by atoms with van der Waals surface area (Å²) >= 11 is 0. The topological polar surface area (TPSA) is 83.2 Å². The molecule has 1 aliphatic rings. The van der Waals surface area contributed by atoms with E-state index >= 15 is 0 Å². The fourth-order valence-corrected chi connectivity index (χ4v) is 2.33. The van der Waals surface area contributed by atoms with Crippen LogP contribution in [0.5, 0.6) is 0 Å². The zero-order valence-electron chi connectivity index (χ0n) is 13.5. The molecule has 21 heavy (non-hydrogen) atoms. The highest BCUT2D eigenvalue weighted by atomic mass is 16.7. The number of ether oxygens (including phenoxy) is 4. The van der Waals surface area contributed by atoms with Gasteiger partial charge in [-0.2, -0.15) is 0 Å². The van der Waals surface area contributed by atoms with Gasteiger partial charge in [-0.25, -0.2) is 0 Å². The van der Waals surface area contributed by atoms with E-state index in [4.69, 9.17) is 24.7 Å². The first-order valence-electron chi connectivity index (χ1n) is 8.05. The molecule has 6 heteroatoms. The molecule has 0 saturated carbocycles. The monoisotopic (exact) mass is 305 g/mol. The van der Waals surface area contributed by atoms with Crippen molar-refractivity contribution in [1.82, 2.24) is 0 Å². The summed E-state index contributed by atoms with van der Waals surface area (Å²) in [7, 11) is 0. The van der Waals surface area contributed by atoms with Gasteiger partial charge in [0.25, 0.3) is 0 Å². The van der Waals surface area contributed by atoms with Crippen LogP contribution in [0, 0.1) is 0 Å². The Hall–Kier alpha value is -0.240. The van der Waals surface area contributed by atoms with E-state index in [0.29, 0.717) is 26.4 Å². The molecule has 126 valence electrons. The van der Waals surface area contributed by atoms with Gasteiger partial charge in [0.15, 0.2) is 6.29 Å². The van der Waals surface area contributed by atoms with Crippen molar-refractivity contribution in [3.05, 3.63) is 0 Å². The van der Waals surface area contributed by atoms with Gasteiger partial charge in [0, 0.05) is 19.8 Å². The molecule has 0 bridgehead atoms. The Kier molecular flexibility index (Phi) is 9.39. The van der Waals surface area contributed by atoms with Crippen molar-refractivity contribution in [2.45, 2.75) is 70.7 Å². The molecular formula is C15H31NO5. The van der Waals surface area contributed by atoms with E-state index in [-0.39, 0.29) is 18.3 Å². The highest BCUT2D eigenvalue weighted by Gasteiger charge is 2.45. The molecule has 1 aliphatic heterocycles. The Morgan fingerprint density at radius 3 is 2.10 bits per heavy atom. The van der Waals surface area contributed by atoms with Crippen LogP contribution in [0.15, 0.2) is 0 Å². The maximum Gasteiger partial charge on any atom is 0.173 e. The zero-order chi connectivity index (χ0) is 15.7. The van der Waals surface area contributed by atoms with Gasteiger partial charge in [-0.15, -0.1) is 0 Å². The minimum absolute atomic E-state index is 0.313. The molecule has 1 fully saturated rings. The Labute approximate surface area is 127 Å². The fourth-order valence-electron chi connectivity index (χ4n) is 2.33. The van der Waals surface area contributed by atoms with Gasteiger partial charge in [-0.05, 0) is 19.3 Å². The van der Waals surface area contributed by atoms with Gasteiger partial charge in [-0.3, -0.25) is 0 Å². The van der Waals surface area contributed by atoms with Crippen LogP contribution < -0.4 is 5.73 Å². The average Bonchev–Trinajstić information content (AvgIpc) is 2.48. The quantitative estimate of drug-likeness (QED) is 0.587. The molecule has 0 radical (unpaired) electrons. The molecular weight excluding hydrogens is 274 g/mol. The fraction of sp³-hybridized carbons (Fsp3) is 1.00. The van der Waals surface area contributed by atoms with E-state index in [2.05, 4.69) is 0 Å². The lowest BCUT2D eigenvalue weighted by atomic mass is 9.97. The summed E-state index contributed by atoms with van der Waals surface area (Å²) in [6.07, 6.45) is 0.616. The molecule has 3 N–H and O–H groups in total. The second kappa shape index (κ2) is 10.5. The van der Waals surface area contributed by atoms with Crippen LogP contribution in [0.1, 0.15) is 40.0 Å². The Morgan fingerprint density at radius 1 is 0.952 bits per heavy atom. The first kappa shape index (κ1) is 18.8. The molecule has 0 aromatic rings. The zero-order valence-corrected chi connectivity index (χ0v) is 13.5. The van der Waals surface area contributed by atoms with Gasteiger partial charge >= 0.3 is 0 Å². The van der Waals surface area contributed by atoms with Gasteiger partial charge < -0.3 is 29.8 Å². The summed E-state index contributed by atoms with van der Waals surface area (Å²) in [5, 5.41) is 9.98. The molecule has 5 atom stereocenters. The third-order valence-corrected chi connectivity index (χ3v) is 3.37. The molecule has 1 rings (SSSR count). The van der Waals surface area contributed by atoms with E-state index in [1.54, 1.807) is 0 Å². The van der Waals surface area contributed by atoms with Gasteiger partial charge in [0.2, 0.25) is 0 Å². The van der Waals surface area contributed by atoms with E-state index < -0.39 is 12.3 Å². The highest BCUT2D eigenvalue weighted by Crippen LogP contribution is 2.24. The maximum atomic E-state index is 9.98. The molecule has 0 spiro atoms. The van der Waals surface area contributed by atoms with Crippen molar-refractivity contribution >= 4 is 0 Å². The Morgan fingerprint density at radius 2 is 1.52 bits per heavy atom. The lowest BCUT2D eigenvalue weighted by Gasteiger charge is -2.43. The SMILES string of the molecule is CCCOC[C@H]1OC(O)[C@H](N)[C@@H](OCCC)[C@@H]1OCCC. The molecule has 1 unspecified atom stereocenters. The number of rotatable bonds is 10. The van der Waals surface area contributed by atoms with E-state index in [1.165, 1.54) is 0 Å². The summed E-state index contributed by atoms with van der Waals surface area (Å²) in [6, 6.07) is -0.610. The van der Waals surface area contributed by atoms with Gasteiger partial charge in [-0.1, -0.05) is 20.8 Å². The van der Waals surface area contributed by atoms with E-state index in [9.17, 15) is 5.11 Å². The minimum atomic E-state index is -1.05. The predicted octanol–water partition coefficient (Wildman–Crippen LogP) is 1.05. The summed E-state index contributed by atoms with van der Waals surface area (Å²) in [5.74, 6) is 0. The molecule has 6 nitrogen and oxygen atoms in total. The third kappa shape index (κ3) is 5.81. The summed E-state index contributed by atoms with van der Waals surface area (Å²) in [5.41, 5.74) is 6.02. The molecule has 0 aliphatic carbocycles. The minimum Gasteiger partial charge on any atom is -0.379 e. The van der Waals surface area contributed by atoms with Crippen molar-refractivity contribution in [1.29, 1.82) is 0 Å². The number of hydrogen-bond donors (Lipinski definition) is 2. The van der Waals surface area contributed by atoms with Crippen LogP contribution in [0.25, 0.3) is 0 Å². The number of nitrogens with two attached hydrogens (primary N) is 1. The molecule has 0 aromatic heterocycles. The van der Waals surface area contributed by atoms with Crippen LogP contribution in [-0.2, 0) is 18.9 Å². The van der Waals surface area contributed by atoms with Crippen LogP contribution in [0.4, 0.5) is 0 Å². The number of aliphatic hydroxyl groups is 1. The first-order valence-corrected chi connectivity index (χ1v) is 8.05. The van der Waals surface area contributed by atoms with Crippen molar-refractivity contribution in [2.75, 3.05) is 26.4 Å². The van der Waals surface area contributed by atoms with Crippen LogP contribution in [-0.4, -0.2) is 62.2 Å². The Balaban J connectivity index is 2.71. The van der Waals surface area contributed by atoms with E-state index in [1.807, 2.05) is 20.8 Å². The van der Waals surface area contributed by atoms with Crippen LogP contribution >= 0.6 is 0 Å². The van der Waals surface area contributed by atoms with Crippen molar-refractivity contribution in [3.63, 3.8) is 0 Å². The second-order valence-corrected chi connectivity index (χ2v) is 5.39. The van der Waals surface area contributed by atoms with Crippen LogP contribution in [0.3, 0.4) is 0 Å². The standard InChI is InChI=1S/C15H31NO5/c1-4-7-18-10-11-13(19-8-5-2)14(20-9-6-3)12(16)15(17)21-11/h11-15,17H,4-10,16H2,1-3H3/t11-,12-,13-,14-,15?/m1/s1. The summed E-state index contributed by atoms with van der Waals surface area (Å²) in [4.78, 5) is 0. The summed E-state index contributed by atoms with van der Waals surface area (Å²) < 4.78 is 22.8. The van der Waals surface area contributed by atoms with E-state index in [0.717, 1.165) is 19.3 Å². The van der Waals surface area contributed by atoms with Crippen molar-refractivity contribution in [2.24, 2.45) is 5.73 Å². The first-order chi connectivity index (χ1) is 10.2. The summed E-state index contributed by atoms with van der Waals surface area (Å²) in [6.45, 7) is 8.34. The highest BCUT2D eigenvalue weighted by molar-refractivity contribution is 4.93. The predicted molar refractivity (Wildman–Crippen MR) is 80.0 cm³/mol. The lowest BCUT2D eigenvalue weighted by Crippen LogP contribution is -2.63. The molecule has 0 amide bonds. The van der Waals surface area contributed by atoms with Crippen molar-refractivity contribution in [3.8, 4) is 0 Å². The van der Waals surface area contributed by atoms with Crippen molar-refractivity contribution < 1.29 is 24.1 Å². The lowest BCUT2D eigenvalue weighted by molar-refractivity contribution is -0.269. The maximum absolute atomic E-state index is 9.98. The van der Waals surface area contributed by atoms with Gasteiger partial charge in [0.1, 0.15) is 18.3 Å². The molecule has 1 heterocycles. The molecule has 0 aromatic carbocycles. The number of aliphatic hydroxyl groups excluding tert-OH is 1. The average molecular weight is 305 g/mol. The van der Waals surface area contributed by atoms with Crippen LogP contribution in [0.2, 0.25) is 0 Å². The second-order valence-electron chi connectivity index (χ2n) is 5.39. The van der Waals surface area contributed by atoms with Gasteiger partial charge in [0.05, 0.1) is 12.6 Å². The number of hydrogen-bond acceptors (Lipinski definition) is 6.